The number of nitrogens with zero attached hydrogens (tertiary/aromatic N) is 2. The van der Waals surface area contributed by atoms with Gasteiger partial charge in [-0.15, -0.1) is 0 Å². The van der Waals surface area contributed by atoms with Gasteiger partial charge in [-0.05, 0) is 39.0 Å². The van der Waals surface area contributed by atoms with E-state index in [4.69, 9.17) is 9.84 Å². The Labute approximate surface area is 113 Å². The Morgan fingerprint density at radius 1 is 1.47 bits per heavy atom. The third-order valence-corrected chi connectivity index (χ3v) is 3.53. The van der Waals surface area contributed by atoms with Crippen molar-refractivity contribution < 1.29 is 14.6 Å². The second-order valence-electron chi connectivity index (χ2n) is 5.70. The highest BCUT2D eigenvalue weighted by Crippen LogP contribution is 2.31. The molecular formula is C14H20N2O3. The number of carbonyl (C=O) groups is 1. The predicted octanol–water partition coefficient (Wildman–Crippen LogP) is 2.31. The van der Waals surface area contributed by atoms with Gasteiger partial charge in [0.15, 0.2) is 0 Å². The third kappa shape index (κ3) is 3.99. The Kier molecular flexibility index (Phi) is 4.14. The third-order valence-electron chi connectivity index (χ3n) is 3.53. The van der Waals surface area contributed by atoms with E-state index in [2.05, 4.69) is 23.8 Å². The molecule has 1 aliphatic heterocycles. The molecule has 1 saturated heterocycles. The number of aromatic carboxylic acids is 1. The molecule has 0 amide bonds. The summed E-state index contributed by atoms with van der Waals surface area (Å²) in [4.78, 5) is 18.9. The van der Waals surface area contributed by atoms with E-state index in [1.807, 2.05) is 0 Å². The highest BCUT2D eigenvalue weighted by atomic mass is 16.5. The number of ether oxygens (including phenoxy) is 1. The second kappa shape index (κ2) is 5.65. The minimum absolute atomic E-state index is 0.0308. The molecule has 0 bridgehead atoms. The number of rotatable bonds is 4. The minimum atomic E-state index is -0.988. The highest BCUT2D eigenvalue weighted by Gasteiger charge is 2.28. The van der Waals surface area contributed by atoms with Crippen LogP contribution in [0.15, 0.2) is 12.4 Å². The Morgan fingerprint density at radius 3 is 2.74 bits per heavy atom. The topological polar surface area (TPSA) is 72.3 Å². The van der Waals surface area contributed by atoms with Crippen LogP contribution in [0.2, 0.25) is 0 Å². The first-order valence-corrected chi connectivity index (χ1v) is 6.64. The molecule has 5 nitrogen and oxygen atoms in total. The van der Waals surface area contributed by atoms with Crippen LogP contribution >= 0.6 is 0 Å². The number of carboxylic acid groups (broad SMARTS) is 1. The van der Waals surface area contributed by atoms with Gasteiger partial charge in [0.25, 0.3) is 0 Å². The summed E-state index contributed by atoms with van der Waals surface area (Å²) < 4.78 is 5.69. The molecule has 5 heteroatoms. The van der Waals surface area contributed by atoms with Crippen LogP contribution in [0.1, 0.15) is 49.3 Å². The Morgan fingerprint density at radius 2 is 2.16 bits per heavy atom. The van der Waals surface area contributed by atoms with E-state index in [-0.39, 0.29) is 11.2 Å². The van der Waals surface area contributed by atoms with Gasteiger partial charge in [0, 0.05) is 25.4 Å². The Bertz CT molecular complexity index is 443. The van der Waals surface area contributed by atoms with Crippen LogP contribution in [0.25, 0.3) is 0 Å². The highest BCUT2D eigenvalue weighted by molar-refractivity contribution is 5.86. The summed E-state index contributed by atoms with van der Waals surface area (Å²) in [7, 11) is 0. The Hall–Kier alpha value is -1.49. The lowest BCUT2D eigenvalue weighted by Gasteiger charge is -2.35. The van der Waals surface area contributed by atoms with Gasteiger partial charge >= 0.3 is 5.97 Å². The number of hydrogen-bond donors (Lipinski definition) is 1. The zero-order valence-corrected chi connectivity index (χ0v) is 11.4. The van der Waals surface area contributed by atoms with Gasteiger partial charge in [-0.3, -0.25) is 0 Å². The first-order chi connectivity index (χ1) is 8.96. The van der Waals surface area contributed by atoms with Crippen molar-refractivity contribution >= 4 is 5.97 Å². The molecular weight excluding hydrogens is 244 g/mol. The van der Waals surface area contributed by atoms with Crippen LogP contribution < -0.4 is 0 Å². The minimum Gasteiger partial charge on any atom is -0.478 e. The maximum Gasteiger partial charge on any atom is 0.338 e. The second-order valence-corrected chi connectivity index (χ2v) is 5.70. The predicted molar refractivity (Wildman–Crippen MR) is 70.1 cm³/mol. The summed E-state index contributed by atoms with van der Waals surface area (Å²) in [6, 6.07) is 0. The molecule has 0 aliphatic carbocycles. The molecule has 0 aromatic carbocycles. The normalized spacial score (nSPS) is 22.1. The molecule has 104 valence electrons. The molecule has 0 spiro atoms. The average Bonchev–Trinajstić information content (AvgIpc) is 2.36. The van der Waals surface area contributed by atoms with E-state index in [0.717, 1.165) is 32.3 Å². The molecule has 0 radical (unpaired) electrons. The lowest BCUT2D eigenvalue weighted by molar-refractivity contribution is -0.0735. The van der Waals surface area contributed by atoms with Crippen molar-refractivity contribution in [3.05, 3.63) is 23.8 Å². The van der Waals surface area contributed by atoms with Gasteiger partial charge in [0.2, 0.25) is 0 Å². The summed E-state index contributed by atoms with van der Waals surface area (Å²) >= 11 is 0. The molecule has 1 N–H and O–H groups in total. The molecule has 1 aromatic heterocycles. The Balaban J connectivity index is 1.86. The number of aryl methyl sites for hydroxylation is 1. The van der Waals surface area contributed by atoms with Crippen molar-refractivity contribution in [2.45, 2.75) is 45.1 Å². The van der Waals surface area contributed by atoms with Gasteiger partial charge in [0.05, 0.1) is 11.2 Å². The van der Waals surface area contributed by atoms with E-state index in [1.54, 1.807) is 0 Å². The fraction of sp³-hybridized carbons (Fsp3) is 0.643. The maximum atomic E-state index is 10.7. The molecule has 1 aliphatic rings. The van der Waals surface area contributed by atoms with E-state index >= 15 is 0 Å². The van der Waals surface area contributed by atoms with E-state index < -0.39 is 5.97 Å². The first-order valence-electron chi connectivity index (χ1n) is 6.64. The largest absolute Gasteiger partial charge is 0.478 e. The van der Waals surface area contributed by atoms with Gasteiger partial charge < -0.3 is 9.84 Å². The lowest BCUT2D eigenvalue weighted by Crippen LogP contribution is -2.34. The fourth-order valence-electron chi connectivity index (χ4n) is 2.53. The smallest absolute Gasteiger partial charge is 0.338 e. The quantitative estimate of drug-likeness (QED) is 0.903. The van der Waals surface area contributed by atoms with Crippen LogP contribution in [-0.2, 0) is 11.2 Å². The zero-order valence-electron chi connectivity index (χ0n) is 11.4. The van der Waals surface area contributed by atoms with Crippen LogP contribution in [0.3, 0.4) is 0 Å². The zero-order chi connectivity index (χ0) is 13.9. The summed E-state index contributed by atoms with van der Waals surface area (Å²) in [6.07, 6.45) is 6.70. The molecule has 2 heterocycles. The number of hydrogen-bond acceptors (Lipinski definition) is 4. The summed E-state index contributed by atoms with van der Waals surface area (Å²) in [5.41, 5.74) is 0.104. The monoisotopic (exact) mass is 264 g/mol. The van der Waals surface area contributed by atoms with Gasteiger partial charge in [-0.25, -0.2) is 14.8 Å². The van der Waals surface area contributed by atoms with Crippen molar-refractivity contribution in [2.75, 3.05) is 6.61 Å². The number of carboxylic acids is 1. The molecule has 1 fully saturated rings. The summed E-state index contributed by atoms with van der Waals surface area (Å²) in [5, 5.41) is 8.77. The van der Waals surface area contributed by atoms with E-state index in [9.17, 15) is 4.79 Å². The summed E-state index contributed by atoms with van der Waals surface area (Å²) in [5.74, 6) is 0.360. The molecule has 19 heavy (non-hydrogen) atoms. The fourth-order valence-corrected chi connectivity index (χ4v) is 2.53. The van der Waals surface area contributed by atoms with Crippen molar-refractivity contribution in [3.63, 3.8) is 0 Å². The molecule has 2 rings (SSSR count). The van der Waals surface area contributed by atoms with Crippen molar-refractivity contribution in [2.24, 2.45) is 5.92 Å². The van der Waals surface area contributed by atoms with E-state index in [0.29, 0.717) is 11.7 Å². The SMILES string of the molecule is CC1(C)CC(CCc2ncc(C(=O)O)cn2)CCO1. The van der Waals surface area contributed by atoms with Gasteiger partial charge in [-0.2, -0.15) is 0 Å². The van der Waals surface area contributed by atoms with Crippen molar-refractivity contribution in [3.8, 4) is 0 Å². The maximum absolute atomic E-state index is 10.7. The number of aromatic nitrogens is 2. The van der Waals surface area contributed by atoms with Crippen LogP contribution in [0.4, 0.5) is 0 Å². The van der Waals surface area contributed by atoms with Crippen LogP contribution in [-0.4, -0.2) is 33.3 Å². The first kappa shape index (κ1) is 13.9. The molecule has 1 aromatic rings. The van der Waals surface area contributed by atoms with Crippen LogP contribution in [0, 0.1) is 5.92 Å². The van der Waals surface area contributed by atoms with Crippen molar-refractivity contribution in [1.29, 1.82) is 0 Å². The van der Waals surface area contributed by atoms with Crippen molar-refractivity contribution in [1.82, 2.24) is 9.97 Å². The molecule has 0 saturated carbocycles. The van der Waals surface area contributed by atoms with E-state index in [1.165, 1.54) is 12.4 Å². The molecule has 1 unspecified atom stereocenters. The molecule has 1 atom stereocenters. The van der Waals surface area contributed by atoms with Gasteiger partial charge in [0.1, 0.15) is 5.82 Å². The standard InChI is InChI=1S/C14H20N2O3/c1-14(2)7-10(5-6-19-14)3-4-12-15-8-11(9-16-12)13(17)18/h8-10H,3-7H2,1-2H3,(H,17,18). The van der Waals surface area contributed by atoms with Crippen LogP contribution in [0.5, 0.6) is 0 Å². The average molecular weight is 264 g/mol. The van der Waals surface area contributed by atoms with Gasteiger partial charge in [-0.1, -0.05) is 0 Å². The lowest BCUT2D eigenvalue weighted by atomic mass is 9.85. The summed E-state index contributed by atoms with van der Waals surface area (Å²) in [6.45, 7) is 5.06.